The van der Waals surface area contributed by atoms with E-state index >= 15 is 0 Å². The van der Waals surface area contributed by atoms with Crippen LogP contribution in [0, 0.1) is 0 Å². The first kappa shape index (κ1) is 14.5. The molecule has 0 spiro atoms. The Morgan fingerprint density at radius 1 is 1.05 bits per heavy atom. The van der Waals surface area contributed by atoms with E-state index in [2.05, 4.69) is 21.9 Å². The van der Waals surface area contributed by atoms with Gasteiger partial charge in [-0.1, -0.05) is 0 Å². The number of alkyl halides is 1. The average Bonchev–Trinajstić information content (AvgIpc) is 2.48. The predicted molar refractivity (Wildman–Crippen MR) is 81.6 cm³/mol. The van der Waals surface area contributed by atoms with Gasteiger partial charge in [-0.15, -0.1) is 11.6 Å². The number of rotatable bonds is 6. The Bertz CT molecular complexity index is 361. The molecule has 1 aliphatic rings. The SMILES string of the molecule is COc1ccc(N2CCN(CCCCCl)CC2)cc1. The first-order valence-corrected chi connectivity index (χ1v) is 7.54. The van der Waals surface area contributed by atoms with Crippen molar-refractivity contribution in [1.29, 1.82) is 0 Å². The molecule has 3 nitrogen and oxygen atoms in total. The molecule has 0 saturated carbocycles. The summed E-state index contributed by atoms with van der Waals surface area (Å²) in [5.74, 6) is 1.70. The van der Waals surface area contributed by atoms with Crippen LogP contribution in [0.25, 0.3) is 0 Å². The molecule has 0 N–H and O–H groups in total. The van der Waals surface area contributed by atoms with Crippen LogP contribution in [0.15, 0.2) is 24.3 Å². The summed E-state index contributed by atoms with van der Waals surface area (Å²) in [6.07, 6.45) is 2.34. The van der Waals surface area contributed by atoms with E-state index in [4.69, 9.17) is 16.3 Å². The minimum Gasteiger partial charge on any atom is -0.497 e. The number of benzene rings is 1. The summed E-state index contributed by atoms with van der Waals surface area (Å²) in [7, 11) is 1.70. The number of anilines is 1. The lowest BCUT2D eigenvalue weighted by Crippen LogP contribution is -2.46. The average molecular weight is 283 g/mol. The molecule has 0 aromatic heterocycles. The van der Waals surface area contributed by atoms with Crippen molar-refractivity contribution >= 4 is 17.3 Å². The Morgan fingerprint density at radius 3 is 2.32 bits per heavy atom. The van der Waals surface area contributed by atoms with Crippen LogP contribution in [0.4, 0.5) is 5.69 Å². The van der Waals surface area contributed by atoms with Gasteiger partial charge in [0.2, 0.25) is 0 Å². The van der Waals surface area contributed by atoms with Crippen LogP contribution >= 0.6 is 11.6 Å². The number of halogens is 1. The number of nitrogens with zero attached hydrogens (tertiary/aromatic N) is 2. The highest BCUT2D eigenvalue weighted by Gasteiger charge is 2.16. The van der Waals surface area contributed by atoms with Gasteiger partial charge < -0.3 is 9.64 Å². The van der Waals surface area contributed by atoms with Crippen molar-refractivity contribution in [2.24, 2.45) is 0 Å². The van der Waals surface area contributed by atoms with Crippen LogP contribution in [0.1, 0.15) is 12.8 Å². The van der Waals surface area contributed by atoms with E-state index in [1.54, 1.807) is 7.11 Å². The molecule has 1 aromatic carbocycles. The third-order valence-corrected chi connectivity index (χ3v) is 3.94. The zero-order valence-corrected chi connectivity index (χ0v) is 12.4. The van der Waals surface area contributed by atoms with Crippen LogP contribution in [0.2, 0.25) is 0 Å². The molecule has 1 heterocycles. The summed E-state index contributed by atoms with van der Waals surface area (Å²) in [5, 5.41) is 0. The zero-order chi connectivity index (χ0) is 13.5. The largest absolute Gasteiger partial charge is 0.497 e. The molecule has 4 heteroatoms. The summed E-state index contributed by atoms with van der Waals surface area (Å²) in [6, 6.07) is 8.34. The second kappa shape index (κ2) is 7.61. The van der Waals surface area contributed by atoms with Crippen LogP contribution < -0.4 is 9.64 Å². The molecule has 0 amide bonds. The minimum absolute atomic E-state index is 0.784. The molecule has 0 aliphatic carbocycles. The summed E-state index contributed by atoms with van der Waals surface area (Å²) in [5.41, 5.74) is 1.29. The van der Waals surface area contributed by atoms with Crippen LogP contribution in [-0.2, 0) is 0 Å². The fourth-order valence-electron chi connectivity index (χ4n) is 2.45. The van der Waals surface area contributed by atoms with Gasteiger partial charge in [0.25, 0.3) is 0 Å². The molecule has 0 radical (unpaired) electrons. The maximum atomic E-state index is 5.71. The molecule has 0 bridgehead atoms. The Kier molecular flexibility index (Phi) is 5.80. The first-order valence-electron chi connectivity index (χ1n) is 7.01. The van der Waals surface area contributed by atoms with Crippen molar-refractivity contribution in [3.63, 3.8) is 0 Å². The van der Waals surface area contributed by atoms with Crippen molar-refractivity contribution in [2.45, 2.75) is 12.8 Å². The minimum atomic E-state index is 0.784. The van der Waals surface area contributed by atoms with Crippen molar-refractivity contribution in [3.8, 4) is 5.75 Å². The number of hydrogen-bond donors (Lipinski definition) is 0. The van der Waals surface area contributed by atoms with Gasteiger partial charge in [0.05, 0.1) is 7.11 Å². The quantitative estimate of drug-likeness (QED) is 0.589. The van der Waals surface area contributed by atoms with Gasteiger partial charge >= 0.3 is 0 Å². The smallest absolute Gasteiger partial charge is 0.119 e. The fraction of sp³-hybridized carbons (Fsp3) is 0.600. The molecular weight excluding hydrogens is 260 g/mol. The van der Waals surface area contributed by atoms with E-state index in [9.17, 15) is 0 Å². The summed E-state index contributed by atoms with van der Waals surface area (Å²) in [6.45, 7) is 5.69. The molecule has 1 saturated heterocycles. The molecule has 1 fully saturated rings. The van der Waals surface area contributed by atoms with E-state index in [1.165, 1.54) is 18.7 Å². The second-order valence-corrected chi connectivity index (χ2v) is 5.30. The molecule has 1 aliphatic heterocycles. The molecule has 2 rings (SSSR count). The third-order valence-electron chi connectivity index (χ3n) is 3.67. The van der Waals surface area contributed by atoms with Gasteiger partial charge in [0.1, 0.15) is 5.75 Å². The standard InChI is InChI=1S/C15H23ClN2O/c1-19-15-6-4-14(5-7-15)18-12-10-17(11-13-18)9-3-2-8-16/h4-7H,2-3,8-13H2,1H3. The lowest BCUT2D eigenvalue weighted by Gasteiger charge is -2.36. The Balaban J connectivity index is 1.78. The predicted octanol–water partition coefficient (Wildman–Crippen LogP) is 2.84. The van der Waals surface area contributed by atoms with E-state index in [0.717, 1.165) is 44.2 Å². The molecule has 0 unspecified atom stereocenters. The normalized spacial score (nSPS) is 16.6. The van der Waals surface area contributed by atoms with Crippen molar-refractivity contribution in [1.82, 2.24) is 4.90 Å². The lowest BCUT2D eigenvalue weighted by molar-refractivity contribution is 0.254. The van der Waals surface area contributed by atoms with Crippen LogP contribution in [0.5, 0.6) is 5.75 Å². The highest BCUT2D eigenvalue weighted by molar-refractivity contribution is 6.17. The lowest BCUT2D eigenvalue weighted by atomic mass is 10.2. The summed E-state index contributed by atoms with van der Waals surface area (Å²) >= 11 is 5.71. The topological polar surface area (TPSA) is 15.7 Å². The van der Waals surface area contributed by atoms with E-state index < -0.39 is 0 Å². The van der Waals surface area contributed by atoms with E-state index in [-0.39, 0.29) is 0 Å². The maximum Gasteiger partial charge on any atom is 0.119 e. The molecule has 106 valence electrons. The van der Waals surface area contributed by atoms with Crippen LogP contribution in [-0.4, -0.2) is 50.6 Å². The third kappa shape index (κ3) is 4.29. The van der Waals surface area contributed by atoms with E-state index in [1.807, 2.05) is 12.1 Å². The maximum absolute atomic E-state index is 5.71. The number of hydrogen-bond acceptors (Lipinski definition) is 3. The Morgan fingerprint density at radius 2 is 1.74 bits per heavy atom. The first-order chi connectivity index (χ1) is 9.33. The fourth-order valence-corrected chi connectivity index (χ4v) is 2.64. The Labute approximate surface area is 121 Å². The van der Waals surface area contributed by atoms with Crippen molar-refractivity contribution < 1.29 is 4.74 Å². The van der Waals surface area contributed by atoms with Crippen LogP contribution in [0.3, 0.4) is 0 Å². The summed E-state index contributed by atoms with van der Waals surface area (Å²) in [4.78, 5) is 4.98. The molecule has 0 atom stereocenters. The number of unbranched alkanes of at least 4 members (excludes halogenated alkanes) is 1. The van der Waals surface area contributed by atoms with Gasteiger partial charge in [0, 0.05) is 37.7 Å². The zero-order valence-electron chi connectivity index (χ0n) is 11.6. The van der Waals surface area contributed by atoms with Gasteiger partial charge in [-0.3, -0.25) is 4.90 Å². The van der Waals surface area contributed by atoms with E-state index in [0.29, 0.717) is 0 Å². The highest BCUT2D eigenvalue weighted by Crippen LogP contribution is 2.20. The van der Waals surface area contributed by atoms with Crippen molar-refractivity contribution in [3.05, 3.63) is 24.3 Å². The summed E-state index contributed by atoms with van der Waals surface area (Å²) < 4.78 is 5.19. The number of piperazine rings is 1. The van der Waals surface area contributed by atoms with Crippen molar-refractivity contribution in [2.75, 3.05) is 50.6 Å². The van der Waals surface area contributed by atoms with Gasteiger partial charge in [-0.2, -0.15) is 0 Å². The van der Waals surface area contributed by atoms with Gasteiger partial charge in [-0.25, -0.2) is 0 Å². The monoisotopic (exact) mass is 282 g/mol. The number of ether oxygens (including phenoxy) is 1. The second-order valence-electron chi connectivity index (χ2n) is 4.92. The number of methoxy groups -OCH3 is 1. The molecule has 19 heavy (non-hydrogen) atoms. The highest BCUT2D eigenvalue weighted by atomic mass is 35.5. The molecule has 1 aromatic rings. The van der Waals surface area contributed by atoms with Gasteiger partial charge in [-0.05, 0) is 43.7 Å². The van der Waals surface area contributed by atoms with Gasteiger partial charge in [0.15, 0.2) is 0 Å². The Hall–Kier alpha value is -0.930. The molecular formula is C15H23ClN2O.